The van der Waals surface area contributed by atoms with E-state index in [2.05, 4.69) is 21.0 Å². The lowest BCUT2D eigenvalue weighted by molar-refractivity contribution is 0.262. The summed E-state index contributed by atoms with van der Waals surface area (Å²) >= 11 is 0. The van der Waals surface area contributed by atoms with Crippen LogP contribution in [0.15, 0.2) is 79.0 Å². The van der Waals surface area contributed by atoms with Crippen molar-refractivity contribution in [2.75, 3.05) is 24.2 Å². The Morgan fingerprint density at radius 1 is 0.933 bits per heavy atom. The van der Waals surface area contributed by atoms with Crippen molar-refractivity contribution in [1.29, 1.82) is 0 Å². The first kappa shape index (κ1) is 19.5. The number of nitrogens with zero attached hydrogens (tertiary/aromatic N) is 2. The minimum atomic E-state index is -0.319. The second-order valence-electron chi connectivity index (χ2n) is 6.79. The van der Waals surface area contributed by atoms with Crippen molar-refractivity contribution in [3.05, 3.63) is 79.0 Å². The molecule has 4 aromatic rings. The SMILES string of the molecule is CNCCn1cc2ccc(NC(=O)Nc3ccc(Oc4ccccc4)cc3)cc2n1. The molecule has 0 bridgehead atoms. The van der Waals surface area contributed by atoms with E-state index >= 15 is 0 Å². The molecule has 7 heteroatoms. The number of benzene rings is 3. The number of nitrogens with one attached hydrogen (secondary N) is 3. The van der Waals surface area contributed by atoms with Gasteiger partial charge in [0, 0.05) is 29.5 Å². The number of carbonyl (C=O) groups is 1. The van der Waals surface area contributed by atoms with Crippen LogP contribution in [0.1, 0.15) is 0 Å². The van der Waals surface area contributed by atoms with Gasteiger partial charge in [-0.1, -0.05) is 18.2 Å². The van der Waals surface area contributed by atoms with Crippen molar-refractivity contribution < 1.29 is 9.53 Å². The summed E-state index contributed by atoms with van der Waals surface area (Å²) in [7, 11) is 1.91. The fourth-order valence-electron chi connectivity index (χ4n) is 3.01. The lowest BCUT2D eigenvalue weighted by Gasteiger charge is -2.09. The number of urea groups is 1. The van der Waals surface area contributed by atoms with E-state index in [4.69, 9.17) is 4.74 Å². The standard InChI is InChI=1S/C23H23N5O2/c1-24-13-14-28-16-17-7-8-19(15-22(17)27-28)26-23(29)25-18-9-11-21(12-10-18)30-20-5-3-2-4-6-20/h2-12,15-16,24H,13-14H2,1H3,(H2,25,26,29). The number of amides is 2. The van der Waals surface area contributed by atoms with Gasteiger partial charge in [-0.15, -0.1) is 0 Å². The first-order chi connectivity index (χ1) is 14.7. The minimum absolute atomic E-state index is 0.319. The van der Waals surface area contributed by atoms with Gasteiger partial charge in [0.1, 0.15) is 11.5 Å². The Bertz CT molecular complexity index is 1120. The van der Waals surface area contributed by atoms with E-state index < -0.39 is 0 Å². The zero-order valence-corrected chi connectivity index (χ0v) is 16.6. The normalized spacial score (nSPS) is 10.7. The zero-order valence-electron chi connectivity index (χ0n) is 16.6. The van der Waals surface area contributed by atoms with E-state index in [9.17, 15) is 4.79 Å². The van der Waals surface area contributed by atoms with Gasteiger partial charge < -0.3 is 20.7 Å². The van der Waals surface area contributed by atoms with Crippen LogP contribution in [-0.2, 0) is 6.54 Å². The highest BCUT2D eigenvalue weighted by Gasteiger charge is 2.06. The van der Waals surface area contributed by atoms with Gasteiger partial charge >= 0.3 is 6.03 Å². The molecule has 0 fully saturated rings. The summed E-state index contributed by atoms with van der Waals surface area (Å²) in [5.74, 6) is 1.46. The molecule has 0 spiro atoms. The van der Waals surface area contributed by atoms with E-state index in [-0.39, 0.29) is 6.03 Å². The predicted molar refractivity (Wildman–Crippen MR) is 119 cm³/mol. The molecule has 1 aromatic heterocycles. The smallest absolute Gasteiger partial charge is 0.323 e. The number of hydrogen-bond donors (Lipinski definition) is 3. The van der Waals surface area contributed by atoms with Crippen LogP contribution >= 0.6 is 0 Å². The number of para-hydroxylation sites is 1. The van der Waals surface area contributed by atoms with E-state index in [0.29, 0.717) is 17.1 Å². The van der Waals surface area contributed by atoms with Crippen molar-refractivity contribution in [3.63, 3.8) is 0 Å². The van der Waals surface area contributed by atoms with Crippen LogP contribution in [0.3, 0.4) is 0 Å². The largest absolute Gasteiger partial charge is 0.457 e. The molecule has 0 aliphatic rings. The van der Waals surface area contributed by atoms with Crippen LogP contribution in [0, 0.1) is 0 Å². The second kappa shape index (κ2) is 9.11. The lowest BCUT2D eigenvalue weighted by Crippen LogP contribution is -2.19. The Hall–Kier alpha value is -3.84. The summed E-state index contributed by atoms with van der Waals surface area (Å²) in [6, 6.07) is 22.1. The van der Waals surface area contributed by atoms with E-state index in [0.717, 1.165) is 29.7 Å². The van der Waals surface area contributed by atoms with Gasteiger partial charge in [0.05, 0.1) is 12.1 Å². The fraction of sp³-hybridized carbons (Fsp3) is 0.130. The first-order valence-corrected chi connectivity index (χ1v) is 9.72. The number of aromatic nitrogens is 2. The molecule has 0 aliphatic heterocycles. The average Bonchev–Trinajstić information content (AvgIpc) is 3.16. The maximum atomic E-state index is 12.4. The predicted octanol–water partition coefficient (Wildman–Crippen LogP) is 4.69. The molecular weight excluding hydrogens is 378 g/mol. The molecule has 4 rings (SSSR count). The molecule has 30 heavy (non-hydrogen) atoms. The molecule has 0 unspecified atom stereocenters. The molecule has 0 atom stereocenters. The third-order valence-electron chi connectivity index (χ3n) is 4.49. The van der Waals surface area contributed by atoms with Crippen molar-refractivity contribution >= 4 is 28.3 Å². The molecule has 0 saturated heterocycles. The number of hydrogen-bond acceptors (Lipinski definition) is 4. The summed E-state index contributed by atoms with van der Waals surface area (Å²) in [6.07, 6.45) is 2.00. The molecule has 2 amide bonds. The maximum Gasteiger partial charge on any atom is 0.323 e. The Labute approximate surface area is 174 Å². The topological polar surface area (TPSA) is 80.2 Å². The zero-order chi connectivity index (χ0) is 20.8. The number of likely N-dealkylation sites (N-methyl/N-ethyl adjacent to an activating group) is 1. The molecule has 3 N–H and O–H groups in total. The Morgan fingerprint density at radius 2 is 1.63 bits per heavy atom. The van der Waals surface area contributed by atoms with Crippen molar-refractivity contribution in [2.24, 2.45) is 0 Å². The van der Waals surface area contributed by atoms with E-state index in [1.54, 1.807) is 12.1 Å². The second-order valence-corrected chi connectivity index (χ2v) is 6.79. The maximum absolute atomic E-state index is 12.4. The van der Waals surface area contributed by atoms with Gasteiger partial charge in [0.25, 0.3) is 0 Å². The van der Waals surface area contributed by atoms with Crippen LogP contribution < -0.4 is 20.7 Å². The fourth-order valence-corrected chi connectivity index (χ4v) is 3.01. The van der Waals surface area contributed by atoms with E-state index in [1.807, 2.05) is 78.6 Å². The quantitative estimate of drug-likeness (QED) is 0.420. The molecule has 3 aromatic carbocycles. The van der Waals surface area contributed by atoms with Crippen molar-refractivity contribution in [2.45, 2.75) is 6.54 Å². The third-order valence-corrected chi connectivity index (χ3v) is 4.49. The Morgan fingerprint density at radius 3 is 2.40 bits per heavy atom. The van der Waals surface area contributed by atoms with Gasteiger partial charge in [-0.25, -0.2) is 4.79 Å². The molecule has 0 radical (unpaired) electrons. The number of anilines is 2. The highest BCUT2D eigenvalue weighted by molar-refractivity contribution is 6.00. The number of ether oxygens (including phenoxy) is 1. The number of fused-ring (bicyclic) bond motifs is 1. The van der Waals surface area contributed by atoms with Crippen LogP contribution in [0.4, 0.5) is 16.2 Å². The van der Waals surface area contributed by atoms with Gasteiger partial charge in [0.2, 0.25) is 0 Å². The number of carbonyl (C=O) groups excluding carboxylic acids is 1. The van der Waals surface area contributed by atoms with Crippen molar-refractivity contribution in [1.82, 2.24) is 15.1 Å². The summed E-state index contributed by atoms with van der Waals surface area (Å²) in [5.41, 5.74) is 2.19. The van der Waals surface area contributed by atoms with Crippen LogP contribution in [0.5, 0.6) is 11.5 Å². The summed E-state index contributed by atoms with van der Waals surface area (Å²) in [4.78, 5) is 12.4. The first-order valence-electron chi connectivity index (χ1n) is 9.72. The van der Waals surface area contributed by atoms with Crippen LogP contribution in [-0.4, -0.2) is 29.4 Å². The third kappa shape index (κ3) is 4.95. The van der Waals surface area contributed by atoms with E-state index in [1.165, 1.54) is 0 Å². The Balaban J connectivity index is 1.35. The summed E-state index contributed by atoms with van der Waals surface area (Å²) < 4.78 is 7.65. The van der Waals surface area contributed by atoms with Gasteiger partial charge in [-0.2, -0.15) is 5.10 Å². The van der Waals surface area contributed by atoms with Crippen LogP contribution in [0.25, 0.3) is 10.9 Å². The lowest BCUT2D eigenvalue weighted by atomic mass is 10.2. The highest BCUT2D eigenvalue weighted by atomic mass is 16.5. The highest BCUT2D eigenvalue weighted by Crippen LogP contribution is 2.23. The van der Waals surface area contributed by atoms with Crippen molar-refractivity contribution in [3.8, 4) is 11.5 Å². The minimum Gasteiger partial charge on any atom is -0.457 e. The summed E-state index contributed by atoms with van der Waals surface area (Å²) in [5, 5.41) is 14.3. The average molecular weight is 401 g/mol. The number of rotatable bonds is 7. The molecule has 152 valence electrons. The van der Waals surface area contributed by atoms with Gasteiger partial charge in [0.15, 0.2) is 0 Å². The molecular formula is C23H23N5O2. The molecule has 1 heterocycles. The molecule has 0 aliphatic carbocycles. The monoisotopic (exact) mass is 401 g/mol. The molecule has 7 nitrogen and oxygen atoms in total. The summed E-state index contributed by atoms with van der Waals surface area (Å²) in [6.45, 7) is 1.63. The Kier molecular flexibility index (Phi) is 5.91. The van der Waals surface area contributed by atoms with Gasteiger partial charge in [-0.3, -0.25) is 4.68 Å². The van der Waals surface area contributed by atoms with Gasteiger partial charge in [-0.05, 0) is 61.6 Å². The van der Waals surface area contributed by atoms with Crippen LogP contribution in [0.2, 0.25) is 0 Å². The molecule has 0 saturated carbocycles.